The lowest BCUT2D eigenvalue weighted by molar-refractivity contribution is 0.101. The van der Waals surface area contributed by atoms with E-state index in [0.717, 1.165) is 17.0 Å². The first-order valence-corrected chi connectivity index (χ1v) is 9.58. The molecule has 0 aliphatic heterocycles. The zero-order valence-electron chi connectivity index (χ0n) is 15.6. The van der Waals surface area contributed by atoms with Gasteiger partial charge in [0.15, 0.2) is 0 Å². The Labute approximate surface area is 167 Å². The number of carbonyl (C=O) groups is 1. The number of halogens is 1. The number of hydrogen-bond donors (Lipinski definition) is 1. The lowest BCUT2D eigenvalue weighted by atomic mass is 10.1. The van der Waals surface area contributed by atoms with Crippen molar-refractivity contribution in [3.63, 3.8) is 0 Å². The molecule has 3 aromatic rings. The first-order chi connectivity index (χ1) is 13.0. The van der Waals surface area contributed by atoms with Gasteiger partial charge in [-0.15, -0.1) is 0 Å². The number of hydrogen-bond acceptors (Lipinski definition) is 3. The van der Waals surface area contributed by atoms with Crippen LogP contribution in [-0.2, 0) is 13.2 Å². The molecule has 2 aromatic carbocycles. The molecule has 0 bridgehead atoms. The van der Waals surface area contributed by atoms with Gasteiger partial charge < -0.3 is 10.1 Å². The number of benzene rings is 2. The Morgan fingerprint density at radius 2 is 1.93 bits per heavy atom. The summed E-state index contributed by atoms with van der Waals surface area (Å²) in [5.41, 5.74) is 4.55. The summed E-state index contributed by atoms with van der Waals surface area (Å²) in [7, 11) is 0. The molecule has 5 nitrogen and oxygen atoms in total. The van der Waals surface area contributed by atoms with Crippen LogP contribution in [0.15, 0.2) is 53.1 Å². The molecular weight excluding hydrogens is 406 g/mol. The smallest absolute Gasteiger partial charge is 0.275 e. The maximum absolute atomic E-state index is 12.6. The average Bonchev–Trinajstić information content (AvgIpc) is 3.00. The number of ether oxygens (including phenoxy) is 1. The average molecular weight is 428 g/mol. The molecule has 3 rings (SSSR count). The fraction of sp³-hybridized carbons (Fsp3) is 0.238. The molecule has 0 radical (unpaired) electrons. The summed E-state index contributed by atoms with van der Waals surface area (Å²) in [6, 6.07) is 13.8. The lowest BCUT2D eigenvalue weighted by Crippen LogP contribution is -2.18. The number of aromatic nitrogens is 2. The highest BCUT2D eigenvalue weighted by atomic mass is 79.9. The van der Waals surface area contributed by atoms with E-state index in [0.29, 0.717) is 23.3 Å². The molecule has 1 heterocycles. The number of rotatable bonds is 6. The number of carbonyl (C=O) groups excluding carboxylic acids is 1. The topological polar surface area (TPSA) is 56.2 Å². The molecular formula is C21H22BrN3O2. The summed E-state index contributed by atoms with van der Waals surface area (Å²) in [6.07, 6.45) is 1.63. The summed E-state index contributed by atoms with van der Waals surface area (Å²) >= 11 is 3.38. The van der Waals surface area contributed by atoms with Crippen molar-refractivity contribution in [2.45, 2.75) is 33.9 Å². The Balaban J connectivity index is 1.70. The molecule has 0 atom stereocenters. The zero-order valence-corrected chi connectivity index (χ0v) is 17.2. The second kappa shape index (κ2) is 8.39. The standard InChI is InChI=1S/C21H22BrN3O2/c1-4-25-20(19(22)12-23-25)21(26)24-17-7-5-6-16(11-17)13-27-18-9-14(2)8-15(3)10-18/h5-12H,4,13H2,1-3H3,(H,24,26). The molecule has 6 heteroatoms. The van der Waals surface area contributed by atoms with Crippen LogP contribution in [0.25, 0.3) is 0 Å². The van der Waals surface area contributed by atoms with Gasteiger partial charge in [-0.1, -0.05) is 18.2 Å². The van der Waals surface area contributed by atoms with Gasteiger partial charge in [0.25, 0.3) is 5.91 Å². The van der Waals surface area contributed by atoms with Gasteiger partial charge >= 0.3 is 0 Å². The predicted molar refractivity (Wildman–Crippen MR) is 110 cm³/mol. The number of aryl methyl sites for hydroxylation is 3. The van der Waals surface area contributed by atoms with Crippen molar-refractivity contribution in [3.05, 3.63) is 75.5 Å². The van der Waals surface area contributed by atoms with Gasteiger partial charge in [-0.05, 0) is 77.7 Å². The van der Waals surface area contributed by atoms with E-state index >= 15 is 0 Å². The maximum atomic E-state index is 12.6. The molecule has 0 saturated heterocycles. The van der Waals surface area contributed by atoms with E-state index in [2.05, 4.69) is 46.3 Å². The highest BCUT2D eigenvalue weighted by molar-refractivity contribution is 9.10. The van der Waals surface area contributed by atoms with Crippen molar-refractivity contribution < 1.29 is 9.53 Å². The molecule has 1 aromatic heterocycles. The van der Waals surface area contributed by atoms with E-state index in [1.807, 2.05) is 43.3 Å². The van der Waals surface area contributed by atoms with Crippen molar-refractivity contribution in [1.29, 1.82) is 0 Å². The molecule has 27 heavy (non-hydrogen) atoms. The van der Waals surface area contributed by atoms with Gasteiger partial charge in [0.2, 0.25) is 0 Å². The third-order valence-electron chi connectivity index (χ3n) is 4.09. The molecule has 0 unspecified atom stereocenters. The van der Waals surface area contributed by atoms with Crippen molar-refractivity contribution in [2.24, 2.45) is 0 Å². The largest absolute Gasteiger partial charge is 0.489 e. The van der Waals surface area contributed by atoms with Crippen molar-refractivity contribution in [3.8, 4) is 5.75 Å². The minimum absolute atomic E-state index is 0.200. The third-order valence-corrected chi connectivity index (χ3v) is 4.68. The van der Waals surface area contributed by atoms with Crippen LogP contribution in [0.4, 0.5) is 5.69 Å². The first kappa shape index (κ1) is 19.2. The minimum atomic E-state index is -0.200. The Morgan fingerprint density at radius 1 is 1.19 bits per heavy atom. The van der Waals surface area contributed by atoms with Crippen molar-refractivity contribution in [1.82, 2.24) is 9.78 Å². The first-order valence-electron chi connectivity index (χ1n) is 8.79. The van der Waals surface area contributed by atoms with E-state index in [1.165, 1.54) is 11.1 Å². The normalized spacial score (nSPS) is 10.7. The van der Waals surface area contributed by atoms with Crippen LogP contribution in [0.3, 0.4) is 0 Å². The zero-order chi connectivity index (χ0) is 19.4. The summed E-state index contributed by atoms with van der Waals surface area (Å²) < 4.78 is 8.24. The van der Waals surface area contributed by atoms with Crippen LogP contribution in [-0.4, -0.2) is 15.7 Å². The Bertz CT molecular complexity index is 946. The van der Waals surface area contributed by atoms with E-state index in [4.69, 9.17) is 4.74 Å². The molecule has 0 fully saturated rings. The number of anilines is 1. The summed E-state index contributed by atoms with van der Waals surface area (Å²) in [5, 5.41) is 7.11. The summed E-state index contributed by atoms with van der Waals surface area (Å²) in [6.45, 7) is 7.10. The van der Waals surface area contributed by atoms with E-state index < -0.39 is 0 Å². The Kier molecular flexibility index (Phi) is 5.96. The number of nitrogens with zero attached hydrogens (tertiary/aromatic N) is 2. The fourth-order valence-electron chi connectivity index (χ4n) is 2.94. The molecule has 1 N–H and O–H groups in total. The highest BCUT2D eigenvalue weighted by Gasteiger charge is 2.16. The molecule has 0 spiro atoms. The van der Waals surface area contributed by atoms with Gasteiger partial charge in [-0.25, -0.2) is 0 Å². The number of amides is 1. The van der Waals surface area contributed by atoms with Crippen LogP contribution in [0.5, 0.6) is 5.75 Å². The maximum Gasteiger partial charge on any atom is 0.275 e. The molecule has 1 amide bonds. The van der Waals surface area contributed by atoms with E-state index in [-0.39, 0.29) is 5.91 Å². The summed E-state index contributed by atoms with van der Waals surface area (Å²) in [5.74, 6) is 0.645. The van der Waals surface area contributed by atoms with Gasteiger partial charge in [0.05, 0.1) is 10.7 Å². The molecule has 0 saturated carbocycles. The lowest BCUT2D eigenvalue weighted by Gasteiger charge is -2.11. The van der Waals surface area contributed by atoms with Crippen LogP contribution in [0, 0.1) is 13.8 Å². The van der Waals surface area contributed by atoms with Crippen LogP contribution >= 0.6 is 15.9 Å². The highest BCUT2D eigenvalue weighted by Crippen LogP contribution is 2.21. The molecule has 0 aliphatic carbocycles. The molecule has 0 aliphatic rings. The third kappa shape index (κ3) is 4.77. The van der Waals surface area contributed by atoms with E-state index in [9.17, 15) is 4.79 Å². The quantitative estimate of drug-likeness (QED) is 0.594. The Morgan fingerprint density at radius 3 is 2.63 bits per heavy atom. The van der Waals surface area contributed by atoms with Gasteiger partial charge in [-0.3, -0.25) is 9.48 Å². The van der Waals surface area contributed by atoms with Gasteiger partial charge in [-0.2, -0.15) is 5.10 Å². The van der Waals surface area contributed by atoms with E-state index in [1.54, 1.807) is 10.9 Å². The SMILES string of the molecule is CCn1ncc(Br)c1C(=O)Nc1cccc(COc2cc(C)cc(C)c2)c1. The minimum Gasteiger partial charge on any atom is -0.489 e. The van der Waals surface area contributed by atoms with Gasteiger partial charge in [0.1, 0.15) is 18.1 Å². The van der Waals surface area contributed by atoms with Crippen molar-refractivity contribution >= 4 is 27.5 Å². The van der Waals surface area contributed by atoms with Crippen molar-refractivity contribution in [2.75, 3.05) is 5.32 Å². The monoisotopic (exact) mass is 427 g/mol. The van der Waals surface area contributed by atoms with Crippen LogP contribution in [0.2, 0.25) is 0 Å². The Hall–Kier alpha value is -2.60. The van der Waals surface area contributed by atoms with Crippen LogP contribution in [0.1, 0.15) is 34.1 Å². The number of nitrogens with one attached hydrogen (secondary N) is 1. The predicted octanol–water partition coefficient (Wildman–Crippen LogP) is 5.11. The van der Waals surface area contributed by atoms with Crippen LogP contribution < -0.4 is 10.1 Å². The van der Waals surface area contributed by atoms with Gasteiger partial charge in [0, 0.05) is 12.2 Å². The fourth-order valence-corrected chi connectivity index (χ4v) is 3.42. The second-order valence-electron chi connectivity index (χ2n) is 6.42. The summed E-state index contributed by atoms with van der Waals surface area (Å²) in [4.78, 5) is 12.6. The molecule has 140 valence electrons. The second-order valence-corrected chi connectivity index (χ2v) is 7.28.